The first kappa shape index (κ1) is 14.3. The summed E-state index contributed by atoms with van der Waals surface area (Å²) in [6.07, 6.45) is 4.24. The van der Waals surface area contributed by atoms with Crippen molar-refractivity contribution < 1.29 is 14.7 Å². The Balaban J connectivity index is 2.03. The van der Waals surface area contributed by atoms with Gasteiger partial charge in [-0.15, -0.1) is 11.3 Å². The maximum Gasteiger partial charge on any atom is 0.303 e. The molecule has 20 heavy (non-hydrogen) atoms. The zero-order valence-corrected chi connectivity index (χ0v) is 11.9. The number of carboxylic acids is 1. The van der Waals surface area contributed by atoms with Crippen molar-refractivity contribution in [3.63, 3.8) is 0 Å². The molecule has 0 radical (unpaired) electrons. The molecule has 0 bridgehead atoms. The lowest BCUT2D eigenvalue weighted by Gasteiger charge is -2.13. The normalized spacial score (nSPS) is 12.1. The highest BCUT2D eigenvalue weighted by Crippen LogP contribution is 2.21. The molecule has 2 N–H and O–H groups in total. The molecule has 2 heterocycles. The lowest BCUT2D eigenvalue weighted by atomic mass is 10.2. The molecule has 0 fully saturated rings. The van der Waals surface area contributed by atoms with Crippen LogP contribution in [0.1, 0.15) is 29.4 Å². The van der Waals surface area contributed by atoms with Crippen LogP contribution in [0.15, 0.2) is 36.0 Å². The first-order chi connectivity index (χ1) is 9.58. The van der Waals surface area contributed by atoms with Crippen molar-refractivity contribution in [2.24, 2.45) is 0 Å². The third kappa shape index (κ3) is 3.48. The highest BCUT2D eigenvalue weighted by Gasteiger charge is 2.16. The van der Waals surface area contributed by atoms with Crippen LogP contribution in [-0.4, -0.2) is 27.6 Å². The number of thiophene rings is 1. The highest BCUT2D eigenvalue weighted by molar-refractivity contribution is 7.12. The van der Waals surface area contributed by atoms with Gasteiger partial charge < -0.3 is 15.0 Å². The number of carbonyl (C=O) groups excluding carboxylic acids is 1. The Bertz CT molecular complexity index is 589. The standard InChI is InChI=1S/C14H16N2O3S/c1-10(4-5-12(17)18)15-14(19)13-11(6-9-20-13)16-7-2-3-8-16/h2-3,6-10H,4-5H2,1H3,(H,15,19)(H,17,18). The summed E-state index contributed by atoms with van der Waals surface area (Å²) in [6, 6.07) is 5.52. The smallest absolute Gasteiger partial charge is 0.303 e. The minimum atomic E-state index is -0.852. The molecule has 2 aromatic heterocycles. The largest absolute Gasteiger partial charge is 0.481 e. The number of hydrogen-bond donors (Lipinski definition) is 2. The van der Waals surface area contributed by atoms with Crippen molar-refractivity contribution in [3.05, 3.63) is 40.8 Å². The molecule has 0 aliphatic carbocycles. The molecule has 1 unspecified atom stereocenters. The van der Waals surface area contributed by atoms with Gasteiger partial charge in [0.15, 0.2) is 0 Å². The van der Waals surface area contributed by atoms with E-state index in [2.05, 4.69) is 5.32 Å². The van der Waals surface area contributed by atoms with Crippen LogP contribution in [-0.2, 0) is 4.79 Å². The predicted octanol–water partition coefficient (Wildman–Crippen LogP) is 2.52. The second-order valence-electron chi connectivity index (χ2n) is 4.53. The second-order valence-corrected chi connectivity index (χ2v) is 5.45. The molecule has 2 rings (SSSR count). The van der Waals surface area contributed by atoms with Crippen LogP contribution in [0.5, 0.6) is 0 Å². The quantitative estimate of drug-likeness (QED) is 0.859. The van der Waals surface area contributed by atoms with Gasteiger partial charge in [0, 0.05) is 24.9 Å². The molecule has 0 saturated heterocycles. The van der Waals surface area contributed by atoms with E-state index in [1.807, 2.05) is 47.5 Å². The van der Waals surface area contributed by atoms with Gasteiger partial charge in [-0.1, -0.05) is 0 Å². The number of nitrogens with one attached hydrogen (secondary N) is 1. The second kappa shape index (κ2) is 6.38. The fraction of sp³-hybridized carbons (Fsp3) is 0.286. The van der Waals surface area contributed by atoms with E-state index < -0.39 is 5.97 Å². The zero-order chi connectivity index (χ0) is 14.5. The van der Waals surface area contributed by atoms with Crippen molar-refractivity contribution >= 4 is 23.2 Å². The topological polar surface area (TPSA) is 71.3 Å². The molecule has 0 aromatic carbocycles. The lowest BCUT2D eigenvalue weighted by Crippen LogP contribution is -2.32. The van der Waals surface area contributed by atoms with Crippen LogP contribution in [0, 0.1) is 0 Å². The maximum absolute atomic E-state index is 12.2. The number of amides is 1. The zero-order valence-electron chi connectivity index (χ0n) is 11.1. The van der Waals surface area contributed by atoms with E-state index >= 15 is 0 Å². The summed E-state index contributed by atoms with van der Waals surface area (Å²) in [5, 5.41) is 13.3. The van der Waals surface area contributed by atoms with Gasteiger partial charge in [-0.05, 0) is 36.9 Å². The van der Waals surface area contributed by atoms with E-state index in [-0.39, 0.29) is 18.4 Å². The molecule has 6 heteroatoms. The van der Waals surface area contributed by atoms with Crippen LogP contribution in [0.25, 0.3) is 5.69 Å². The number of aliphatic carboxylic acids is 1. The van der Waals surface area contributed by atoms with Crippen LogP contribution in [0.4, 0.5) is 0 Å². The molecular formula is C14H16N2O3S. The van der Waals surface area contributed by atoms with Crippen molar-refractivity contribution in [3.8, 4) is 5.69 Å². The van der Waals surface area contributed by atoms with Gasteiger partial charge in [-0.3, -0.25) is 9.59 Å². The van der Waals surface area contributed by atoms with Gasteiger partial charge in [0.05, 0.1) is 5.69 Å². The van der Waals surface area contributed by atoms with E-state index in [0.29, 0.717) is 11.3 Å². The summed E-state index contributed by atoms with van der Waals surface area (Å²) < 4.78 is 1.88. The summed E-state index contributed by atoms with van der Waals surface area (Å²) >= 11 is 1.37. The van der Waals surface area contributed by atoms with Gasteiger partial charge in [0.2, 0.25) is 0 Å². The molecule has 0 aliphatic rings. The summed E-state index contributed by atoms with van der Waals surface area (Å²) in [6.45, 7) is 1.81. The first-order valence-electron chi connectivity index (χ1n) is 6.31. The minimum absolute atomic E-state index is 0.0519. The summed E-state index contributed by atoms with van der Waals surface area (Å²) in [5.74, 6) is -1.02. The summed E-state index contributed by atoms with van der Waals surface area (Å²) in [4.78, 5) is 23.4. The predicted molar refractivity (Wildman–Crippen MR) is 77.4 cm³/mol. The molecule has 106 valence electrons. The maximum atomic E-state index is 12.2. The Morgan fingerprint density at radius 1 is 1.40 bits per heavy atom. The van der Waals surface area contributed by atoms with Crippen LogP contribution in [0.3, 0.4) is 0 Å². The lowest BCUT2D eigenvalue weighted by molar-refractivity contribution is -0.137. The van der Waals surface area contributed by atoms with E-state index in [0.717, 1.165) is 5.69 Å². The first-order valence-corrected chi connectivity index (χ1v) is 7.19. The number of rotatable bonds is 6. The summed E-state index contributed by atoms with van der Waals surface area (Å²) in [5.41, 5.74) is 0.836. The number of carbonyl (C=O) groups is 2. The average Bonchev–Trinajstić information content (AvgIpc) is 3.05. The van der Waals surface area contributed by atoms with E-state index in [1.54, 1.807) is 0 Å². The van der Waals surface area contributed by atoms with E-state index in [9.17, 15) is 9.59 Å². The van der Waals surface area contributed by atoms with Crippen molar-refractivity contribution in [2.75, 3.05) is 0 Å². The van der Waals surface area contributed by atoms with Crippen molar-refractivity contribution in [1.82, 2.24) is 9.88 Å². The van der Waals surface area contributed by atoms with Gasteiger partial charge in [-0.25, -0.2) is 0 Å². The molecule has 0 spiro atoms. The van der Waals surface area contributed by atoms with Gasteiger partial charge in [-0.2, -0.15) is 0 Å². The Morgan fingerprint density at radius 3 is 2.75 bits per heavy atom. The SMILES string of the molecule is CC(CCC(=O)O)NC(=O)c1sccc1-n1cccc1. The minimum Gasteiger partial charge on any atom is -0.481 e. The fourth-order valence-electron chi connectivity index (χ4n) is 1.87. The Labute approximate surface area is 120 Å². The van der Waals surface area contributed by atoms with Gasteiger partial charge in [0.1, 0.15) is 4.88 Å². The van der Waals surface area contributed by atoms with E-state index in [1.165, 1.54) is 11.3 Å². The number of carboxylic acid groups (broad SMARTS) is 1. The fourth-order valence-corrected chi connectivity index (χ4v) is 2.67. The Kier molecular flexibility index (Phi) is 4.57. The van der Waals surface area contributed by atoms with Crippen LogP contribution >= 0.6 is 11.3 Å². The number of nitrogens with zero attached hydrogens (tertiary/aromatic N) is 1. The molecule has 0 saturated carbocycles. The van der Waals surface area contributed by atoms with Crippen molar-refractivity contribution in [1.29, 1.82) is 0 Å². The molecular weight excluding hydrogens is 276 g/mol. The third-order valence-corrected chi connectivity index (χ3v) is 3.80. The third-order valence-electron chi connectivity index (χ3n) is 2.90. The monoisotopic (exact) mass is 292 g/mol. The number of hydrogen-bond acceptors (Lipinski definition) is 3. The van der Waals surface area contributed by atoms with Crippen LogP contribution < -0.4 is 5.32 Å². The van der Waals surface area contributed by atoms with Gasteiger partial charge >= 0.3 is 5.97 Å². The Morgan fingerprint density at radius 2 is 2.10 bits per heavy atom. The van der Waals surface area contributed by atoms with Crippen LogP contribution in [0.2, 0.25) is 0 Å². The Hall–Kier alpha value is -2.08. The number of aromatic nitrogens is 1. The van der Waals surface area contributed by atoms with Gasteiger partial charge in [0.25, 0.3) is 5.91 Å². The molecule has 2 aromatic rings. The van der Waals surface area contributed by atoms with E-state index in [4.69, 9.17) is 5.11 Å². The molecule has 5 nitrogen and oxygen atoms in total. The average molecular weight is 292 g/mol. The molecule has 0 aliphatic heterocycles. The summed E-state index contributed by atoms with van der Waals surface area (Å²) in [7, 11) is 0. The molecule has 1 amide bonds. The highest BCUT2D eigenvalue weighted by atomic mass is 32.1. The van der Waals surface area contributed by atoms with Crippen molar-refractivity contribution in [2.45, 2.75) is 25.8 Å². The molecule has 1 atom stereocenters.